The van der Waals surface area contributed by atoms with Crippen LogP contribution in [0.15, 0.2) is 42.5 Å². The van der Waals surface area contributed by atoms with Gasteiger partial charge >= 0.3 is 0 Å². The fourth-order valence-corrected chi connectivity index (χ4v) is 2.63. The average molecular weight is 241 g/mol. The Labute approximate surface area is 110 Å². The van der Waals surface area contributed by atoms with Crippen LogP contribution in [-0.4, -0.2) is 13.1 Å². The lowest BCUT2D eigenvalue weighted by molar-refractivity contribution is 0.403. The summed E-state index contributed by atoms with van der Waals surface area (Å²) in [5, 5.41) is 6.17. The summed E-state index contributed by atoms with van der Waals surface area (Å²) in [4.78, 5) is 0. The van der Waals surface area contributed by atoms with Crippen molar-refractivity contribution in [3.8, 4) is 0 Å². The zero-order chi connectivity index (χ0) is 13.0. The highest BCUT2D eigenvalue weighted by Crippen LogP contribution is 2.21. The van der Waals surface area contributed by atoms with E-state index in [-0.39, 0.29) is 0 Å². The van der Waals surface area contributed by atoms with Crippen LogP contribution in [0.5, 0.6) is 0 Å². The van der Waals surface area contributed by atoms with E-state index in [1.54, 1.807) is 0 Å². The van der Waals surface area contributed by atoms with E-state index in [0.29, 0.717) is 12.0 Å². The molecule has 0 bridgehead atoms. The van der Waals surface area contributed by atoms with Crippen LogP contribution < -0.4 is 5.32 Å². The lowest BCUT2D eigenvalue weighted by Gasteiger charge is -2.20. The average Bonchev–Trinajstić information content (AvgIpc) is 2.39. The molecule has 1 N–H and O–H groups in total. The van der Waals surface area contributed by atoms with Gasteiger partial charge in [0.25, 0.3) is 0 Å². The smallest absolute Gasteiger partial charge is 0.00902 e. The Morgan fingerprint density at radius 3 is 2.44 bits per heavy atom. The molecule has 0 aliphatic heterocycles. The van der Waals surface area contributed by atoms with Gasteiger partial charge in [0, 0.05) is 6.04 Å². The molecule has 1 unspecified atom stereocenters. The minimum absolute atomic E-state index is 0.601. The van der Waals surface area contributed by atoms with Gasteiger partial charge in [-0.2, -0.15) is 0 Å². The molecule has 1 heteroatoms. The second kappa shape index (κ2) is 6.01. The summed E-state index contributed by atoms with van der Waals surface area (Å²) in [5.74, 6) is 0.685. The monoisotopic (exact) mass is 241 g/mol. The van der Waals surface area contributed by atoms with E-state index in [0.717, 1.165) is 6.42 Å². The van der Waals surface area contributed by atoms with Crippen LogP contribution in [0.4, 0.5) is 0 Å². The fraction of sp³-hybridized carbons (Fsp3) is 0.412. The molecule has 2 aromatic carbocycles. The predicted octanol–water partition coefficient (Wildman–Crippen LogP) is 4.02. The van der Waals surface area contributed by atoms with Crippen molar-refractivity contribution in [1.82, 2.24) is 5.32 Å². The van der Waals surface area contributed by atoms with Crippen LogP contribution >= 0.6 is 0 Å². The van der Waals surface area contributed by atoms with E-state index >= 15 is 0 Å². The Morgan fingerprint density at radius 1 is 1.00 bits per heavy atom. The maximum atomic E-state index is 3.42. The van der Waals surface area contributed by atoms with Crippen molar-refractivity contribution < 1.29 is 0 Å². The molecule has 1 atom stereocenters. The van der Waals surface area contributed by atoms with E-state index in [4.69, 9.17) is 0 Å². The Bertz CT molecular complexity index is 496. The summed E-state index contributed by atoms with van der Waals surface area (Å²) in [7, 11) is 2.06. The highest BCUT2D eigenvalue weighted by atomic mass is 14.9. The first kappa shape index (κ1) is 13.1. The Balaban J connectivity index is 2.17. The van der Waals surface area contributed by atoms with E-state index in [9.17, 15) is 0 Å². The van der Waals surface area contributed by atoms with Gasteiger partial charge in [0.05, 0.1) is 0 Å². The summed E-state index contributed by atoms with van der Waals surface area (Å²) in [6.45, 7) is 4.56. The number of hydrogen-bond donors (Lipinski definition) is 1. The number of hydrogen-bond acceptors (Lipinski definition) is 1. The molecule has 2 rings (SSSR count). The molecule has 0 radical (unpaired) electrons. The Morgan fingerprint density at radius 2 is 1.72 bits per heavy atom. The second-order valence-corrected chi connectivity index (χ2v) is 5.32. The van der Waals surface area contributed by atoms with Gasteiger partial charge < -0.3 is 5.32 Å². The molecule has 18 heavy (non-hydrogen) atoms. The van der Waals surface area contributed by atoms with Crippen molar-refractivity contribution >= 4 is 10.8 Å². The third-order valence-electron chi connectivity index (χ3n) is 3.78. The van der Waals surface area contributed by atoms with Crippen molar-refractivity contribution in [1.29, 1.82) is 0 Å². The molecule has 0 amide bonds. The molecule has 0 aliphatic carbocycles. The van der Waals surface area contributed by atoms with Crippen molar-refractivity contribution in [3.05, 3.63) is 48.0 Å². The van der Waals surface area contributed by atoms with Crippen LogP contribution in [0.25, 0.3) is 10.8 Å². The van der Waals surface area contributed by atoms with E-state index in [1.165, 1.54) is 22.8 Å². The van der Waals surface area contributed by atoms with Gasteiger partial charge in [-0.15, -0.1) is 0 Å². The largest absolute Gasteiger partial charge is 0.317 e. The van der Waals surface area contributed by atoms with E-state index in [2.05, 4.69) is 68.7 Å². The highest BCUT2D eigenvalue weighted by molar-refractivity contribution is 5.85. The van der Waals surface area contributed by atoms with Gasteiger partial charge in [0.2, 0.25) is 0 Å². The third kappa shape index (κ3) is 2.91. The molecule has 1 nitrogen and oxygen atoms in total. The summed E-state index contributed by atoms with van der Waals surface area (Å²) < 4.78 is 0. The summed E-state index contributed by atoms with van der Waals surface area (Å²) in [6, 6.07) is 15.9. The van der Waals surface area contributed by atoms with Crippen molar-refractivity contribution in [2.24, 2.45) is 5.92 Å². The van der Waals surface area contributed by atoms with Crippen LogP contribution in [-0.2, 0) is 6.42 Å². The number of fused-ring (bicyclic) bond motifs is 1. The second-order valence-electron chi connectivity index (χ2n) is 5.32. The van der Waals surface area contributed by atoms with Crippen LogP contribution in [0.1, 0.15) is 25.8 Å². The molecule has 0 saturated heterocycles. The summed E-state index contributed by atoms with van der Waals surface area (Å²) in [6.07, 6.45) is 2.34. The third-order valence-corrected chi connectivity index (χ3v) is 3.78. The van der Waals surface area contributed by atoms with E-state index < -0.39 is 0 Å². The SMILES string of the molecule is CNC(CCc1cccc2ccccc12)C(C)C. The minimum Gasteiger partial charge on any atom is -0.317 e. The normalized spacial score (nSPS) is 13.1. The fourth-order valence-electron chi connectivity index (χ4n) is 2.63. The van der Waals surface area contributed by atoms with Gasteiger partial charge in [0.15, 0.2) is 0 Å². The molecule has 0 heterocycles. The van der Waals surface area contributed by atoms with Crippen molar-refractivity contribution in [2.45, 2.75) is 32.7 Å². The zero-order valence-electron chi connectivity index (χ0n) is 11.6. The quantitative estimate of drug-likeness (QED) is 0.833. The van der Waals surface area contributed by atoms with Gasteiger partial charge in [-0.25, -0.2) is 0 Å². The van der Waals surface area contributed by atoms with E-state index in [1.807, 2.05) is 0 Å². The molecule has 0 aromatic heterocycles. The molecular formula is C17H23N. The first-order valence-corrected chi connectivity index (χ1v) is 6.86. The molecule has 0 fully saturated rings. The zero-order valence-corrected chi connectivity index (χ0v) is 11.6. The summed E-state index contributed by atoms with van der Waals surface area (Å²) in [5.41, 5.74) is 1.47. The van der Waals surface area contributed by atoms with Gasteiger partial charge in [-0.05, 0) is 42.1 Å². The maximum absolute atomic E-state index is 3.42. The number of nitrogens with one attached hydrogen (secondary N) is 1. The van der Waals surface area contributed by atoms with Crippen LogP contribution in [0.3, 0.4) is 0 Å². The Kier molecular flexibility index (Phi) is 4.38. The highest BCUT2D eigenvalue weighted by Gasteiger charge is 2.11. The lowest BCUT2D eigenvalue weighted by atomic mass is 9.94. The first-order chi connectivity index (χ1) is 8.72. The molecular weight excluding hydrogens is 218 g/mol. The maximum Gasteiger partial charge on any atom is 0.00902 e. The van der Waals surface area contributed by atoms with Crippen molar-refractivity contribution in [2.75, 3.05) is 7.05 Å². The number of aryl methyl sites for hydroxylation is 1. The van der Waals surface area contributed by atoms with Crippen LogP contribution in [0, 0.1) is 5.92 Å². The lowest BCUT2D eigenvalue weighted by Crippen LogP contribution is -2.31. The number of rotatable bonds is 5. The van der Waals surface area contributed by atoms with Gasteiger partial charge in [-0.1, -0.05) is 56.3 Å². The molecule has 0 saturated carbocycles. The Hall–Kier alpha value is -1.34. The van der Waals surface area contributed by atoms with Gasteiger partial charge in [-0.3, -0.25) is 0 Å². The number of benzene rings is 2. The standard InChI is InChI=1S/C17H23N/c1-13(2)17(18-3)12-11-15-9-6-8-14-7-4-5-10-16(14)15/h4-10,13,17-18H,11-12H2,1-3H3. The topological polar surface area (TPSA) is 12.0 Å². The molecule has 96 valence electrons. The molecule has 2 aromatic rings. The van der Waals surface area contributed by atoms with Gasteiger partial charge in [0.1, 0.15) is 0 Å². The van der Waals surface area contributed by atoms with Crippen molar-refractivity contribution in [3.63, 3.8) is 0 Å². The molecule has 0 spiro atoms. The molecule has 0 aliphatic rings. The van der Waals surface area contributed by atoms with Crippen LogP contribution in [0.2, 0.25) is 0 Å². The predicted molar refractivity (Wildman–Crippen MR) is 80.0 cm³/mol. The minimum atomic E-state index is 0.601. The first-order valence-electron chi connectivity index (χ1n) is 6.86. The summed E-state index contributed by atoms with van der Waals surface area (Å²) >= 11 is 0.